The number of carbonyl (C=O) groups is 1. The second kappa shape index (κ2) is 7.27. The molecule has 0 spiro atoms. The van der Waals surface area contributed by atoms with Crippen LogP contribution < -0.4 is 0 Å². The minimum Gasteiger partial charge on any atom is -0.336 e. The lowest BCUT2D eigenvalue weighted by Crippen LogP contribution is -2.50. The Morgan fingerprint density at radius 3 is 2.44 bits per heavy atom. The molecule has 134 valence electrons. The molecule has 7 heteroatoms. The van der Waals surface area contributed by atoms with E-state index in [1.165, 1.54) is 15.6 Å². The summed E-state index contributed by atoms with van der Waals surface area (Å²) in [5, 5.41) is 0. The number of piperazine rings is 1. The molecular formula is C18H22N2O3S2. The summed E-state index contributed by atoms with van der Waals surface area (Å²) in [5.74, 6) is -0.0369. The summed E-state index contributed by atoms with van der Waals surface area (Å²) < 4.78 is 27.4. The molecule has 1 aromatic heterocycles. The van der Waals surface area contributed by atoms with E-state index in [4.69, 9.17) is 0 Å². The zero-order chi connectivity index (χ0) is 18.0. The van der Waals surface area contributed by atoms with Crippen LogP contribution in [0.15, 0.2) is 40.6 Å². The van der Waals surface area contributed by atoms with E-state index < -0.39 is 10.0 Å². The van der Waals surface area contributed by atoms with Crippen molar-refractivity contribution in [3.63, 3.8) is 0 Å². The van der Waals surface area contributed by atoms with Crippen LogP contribution in [-0.4, -0.2) is 49.7 Å². The van der Waals surface area contributed by atoms with Gasteiger partial charge in [0, 0.05) is 36.6 Å². The SMILES string of the molecule is CCc1ccc(S(=O)(=O)N2CCN(C(=O)c3cccc(C)c3)CC2)s1. The Balaban J connectivity index is 1.68. The maximum Gasteiger partial charge on any atom is 0.253 e. The summed E-state index contributed by atoms with van der Waals surface area (Å²) in [6, 6.07) is 11.0. The maximum absolute atomic E-state index is 12.7. The van der Waals surface area contributed by atoms with Gasteiger partial charge in [-0.15, -0.1) is 11.3 Å². The number of nitrogens with zero attached hydrogens (tertiary/aromatic N) is 2. The van der Waals surface area contributed by atoms with E-state index in [0.29, 0.717) is 36.0 Å². The van der Waals surface area contributed by atoms with Crippen LogP contribution in [0.5, 0.6) is 0 Å². The molecule has 1 amide bonds. The van der Waals surface area contributed by atoms with Gasteiger partial charge in [-0.25, -0.2) is 8.42 Å². The highest BCUT2D eigenvalue weighted by Crippen LogP contribution is 2.26. The van der Waals surface area contributed by atoms with Gasteiger partial charge in [0.25, 0.3) is 15.9 Å². The van der Waals surface area contributed by atoms with Gasteiger partial charge in [-0.2, -0.15) is 4.31 Å². The van der Waals surface area contributed by atoms with Crippen LogP contribution in [0, 0.1) is 6.92 Å². The standard InChI is InChI=1S/C18H22N2O3S2/c1-3-16-7-8-17(24-16)25(22,23)20-11-9-19(10-12-20)18(21)15-6-4-5-14(2)13-15/h4-8,13H,3,9-12H2,1-2H3. The Labute approximate surface area is 152 Å². The van der Waals surface area contributed by atoms with E-state index in [-0.39, 0.29) is 5.91 Å². The molecule has 5 nitrogen and oxygen atoms in total. The molecule has 0 atom stereocenters. The predicted octanol–water partition coefficient (Wildman–Crippen LogP) is 2.77. The first-order valence-corrected chi connectivity index (χ1v) is 10.6. The topological polar surface area (TPSA) is 57.7 Å². The second-order valence-corrected chi connectivity index (χ2v) is 9.47. The fraction of sp³-hybridized carbons (Fsp3) is 0.389. The molecule has 1 aromatic carbocycles. The van der Waals surface area contributed by atoms with E-state index >= 15 is 0 Å². The van der Waals surface area contributed by atoms with Crippen molar-refractivity contribution in [1.82, 2.24) is 9.21 Å². The normalized spacial score (nSPS) is 16.2. The Kier molecular flexibility index (Phi) is 5.27. The van der Waals surface area contributed by atoms with E-state index in [2.05, 4.69) is 0 Å². The summed E-state index contributed by atoms with van der Waals surface area (Å²) in [5.41, 5.74) is 1.69. The van der Waals surface area contributed by atoms with Crippen LogP contribution in [-0.2, 0) is 16.4 Å². The molecule has 25 heavy (non-hydrogen) atoms. The van der Waals surface area contributed by atoms with Gasteiger partial charge in [0.2, 0.25) is 0 Å². The summed E-state index contributed by atoms with van der Waals surface area (Å²) in [7, 11) is -3.46. The average Bonchev–Trinajstić information content (AvgIpc) is 3.11. The number of carbonyl (C=O) groups excluding carboxylic acids is 1. The monoisotopic (exact) mass is 378 g/mol. The lowest BCUT2D eigenvalue weighted by atomic mass is 10.1. The van der Waals surface area contributed by atoms with Crippen LogP contribution >= 0.6 is 11.3 Å². The average molecular weight is 379 g/mol. The molecule has 0 saturated carbocycles. The molecule has 1 aliphatic heterocycles. The van der Waals surface area contributed by atoms with Crippen molar-refractivity contribution in [2.45, 2.75) is 24.5 Å². The van der Waals surface area contributed by atoms with Crippen LogP contribution in [0.4, 0.5) is 0 Å². The molecule has 2 heterocycles. The van der Waals surface area contributed by atoms with E-state index in [1.807, 2.05) is 38.1 Å². The molecular weight excluding hydrogens is 356 g/mol. The second-order valence-electron chi connectivity index (χ2n) is 6.14. The minimum absolute atomic E-state index is 0.0369. The first kappa shape index (κ1) is 18.1. The maximum atomic E-state index is 12.7. The number of sulfonamides is 1. The third-order valence-electron chi connectivity index (χ3n) is 4.37. The Morgan fingerprint density at radius 2 is 1.84 bits per heavy atom. The van der Waals surface area contributed by atoms with Gasteiger partial charge in [0.15, 0.2) is 0 Å². The first-order chi connectivity index (χ1) is 11.9. The van der Waals surface area contributed by atoms with Crippen LogP contribution in [0.3, 0.4) is 0 Å². The third-order valence-corrected chi connectivity index (χ3v) is 7.97. The molecule has 2 aromatic rings. The molecule has 0 radical (unpaired) electrons. The molecule has 1 fully saturated rings. The van der Waals surface area contributed by atoms with Crippen molar-refractivity contribution in [1.29, 1.82) is 0 Å². The molecule has 3 rings (SSSR count). The molecule has 1 aliphatic rings. The van der Waals surface area contributed by atoms with Crippen LogP contribution in [0.2, 0.25) is 0 Å². The molecule has 1 saturated heterocycles. The Hall–Kier alpha value is -1.70. The fourth-order valence-corrected chi connectivity index (χ4v) is 5.78. The molecule has 0 aliphatic carbocycles. The number of benzene rings is 1. The third kappa shape index (κ3) is 3.78. The summed E-state index contributed by atoms with van der Waals surface area (Å²) in [4.78, 5) is 15.4. The van der Waals surface area contributed by atoms with Gasteiger partial charge in [0.05, 0.1) is 0 Å². The quantitative estimate of drug-likeness (QED) is 0.822. The van der Waals surface area contributed by atoms with Crippen LogP contribution in [0.25, 0.3) is 0 Å². The van der Waals surface area contributed by atoms with Crippen molar-refractivity contribution in [2.75, 3.05) is 26.2 Å². The highest BCUT2D eigenvalue weighted by molar-refractivity contribution is 7.91. The summed E-state index contributed by atoms with van der Waals surface area (Å²) >= 11 is 1.33. The van der Waals surface area contributed by atoms with Crippen molar-refractivity contribution in [2.24, 2.45) is 0 Å². The van der Waals surface area contributed by atoms with Gasteiger partial charge >= 0.3 is 0 Å². The van der Waals surface area contributed by atoms with E-state index in [0.717, 1.165) is 16.9 Å². The number of hydrogen-bond donors (Lipinski definition) is 0. The number of thiophene rings is 1. The molecule has 0 bridgehead atoms. The fourth-order valence-electron chi connectivity index (χ4n) is 2.91. The predicted molar refractivity (Wildman–Crippen MR) is 99.5 cm³/mol. The van der Waals surface area contributed by atoms with Crippen molar-refractivity contribution < 1.29 is 13.2 Å². The van der Waals surface area contributed by atoms with E-state index in [1.54, 1.807) is 17.0 Å². The minimum atomic E-state index is -3.46. The highest BCUT2D eigenvalue weighted by Gasteiger charge is 2.31. The lowest BCUT2D eigenvalue weighted by Gasteiger charge is -2.33. The molecule has 0 unspecified atom stereocenters. The summed E-state index contributed by atoms with van der Waals surface area (Å²) in [6.07, 6.45) is 0.832. The van der Waals surface area contributed by atoms with Crippen molar-refractivity contribution >= 4 is 27.3 Å². The Morgan fingerprint density at radius 1 is 1.12 bits per heavy atom. The number of hydrogen-bond acceptors (Lipinski definition) is 4. The van der Waals surface area contributed by atoms with Gasteiger partial charge in [0.1, 0.15) is 4.21 Å². The summed E-state index contributed by atoms with van der Waals surface area (Å²) in [6.45, 7) is 5.46. The lowest BCUT2D eigenvalue weighted by molar-refractivity contribution is 0.0698. The van der Waals surface area contributed by atoms with E-state index in [9.17, 15) is 13.2 Å². The largest absolute Gasteiger partial charge is 0.336 e. The smallest absolute Gasteiger partial charge is 0.253 e. The number of aryl methyl sites for hydroxylation is 2. The highest BCUT2D eigenvalue weighted by atomic mass is 32.2. The molecule has 0 N–H and O–H groups in total. The zero-order valence-corrected chi connectivity index (χ0v) is 16.1. The first-order valence-electron chi connectivity index (χ1n) is 8.36. The number of amides is 1. The van der Waals surface area contributed by atoms with Crippen molar-refractivity contribution in [3.05, 3.63) is 52.4 Å². The van der Waals surface area contributed by atoms with Gasteiger partial charge in [-0.1, -0.05) is 24.6 Å². The zero-order valence-electron chi connectivity index (χ0n) is 14.4. The van der Waals surface area contributed by atoms with Crippen molar-refractivity contribution in [3.8, 4) is 0 Å². The van der Waals surface area contributed by atoms with Gasteiger partial charge in [-0.05, 0) is 37.6 Å². The number of rotatable bonds is 4. The van der Waals surface area contributed by atoms with Gasteiger partial charge < -0.3 is 4.90 Å². The van der Waals surface area contributed by atoms with Crippen LogP contribution in [0.1, 0.15) is 27.7 Å². The Bertz CT molecular complexity index is 866. The van der Waals surface area contributed by atoms with Gasteiger partial charge in [-0.3, -0.25) is 4.79 Å².